The van der Waals surface area contributed by atoms with Crippen LogP contribution < -0.4 is 9.47 Å². The maximum Gasteiger partial charge on any atom is 0.238 e. The number of rotatable bonds is 8. The Labute approximate surface area is 211 Å². The Hall–Kier alpha value is -3.38. The van der Waals surface area contributed by atoms with Crippen LogP contribution in [-0.2, 0) is 6.61 Å². The first-order valence-electron chi connectivity index (χ1n) is 10.1. The molecule has 0 unspecified atom stereocenters. The molecule has 1 heterocycles. The number of hydrogen-bond acceptors (Lipinski definition) is 5. The molecule has 0 atom stereocenters. The Bertz CT molecular complexity index is 1310. The van der Waals surface area contributed by atoms with E-state index in [0.29, 0.717) is 44.7 Å². The first-order valence-corrected chi connectivity index (χ1v) is 11.3. The second kappa shape index (κ2) is 11.2. The molecule has 34 heavy (non-hydrogen) atoms. The maximum atomic E-state index is 12.5. The summed E-state index contributed by atoms with van der Waals surface area (Å²) in [6, 6.07) is 22.6. The molecule has 0 fully saturated rings. The molecule has 3 aromatic carbocycles. The molecule has 4 rings (SSSR count). The fourth-order valence-corrected chi connectivity index (χ4v) is 3.47. The summed E-state index contributed by atoms with van der Waals surface area (Å²) in [6.07, 6.45) is 3.25. The van der Waals surface area contributed by atoms with E-state index in [1.165, 1.54) is 6.08 Å². The highest BCUT2D eigenvalue weighted by Crippen LogP contribution is 2.23. The SMILES string of the molecule is O=C(/C=C/c1ccc(Oc2ccc(Cl)nn2)cc1)c1ccc(OCc2ccc(Cl)cc2Cl)cc1. The van der Waals surface area contributed by atoms with Crippen molar-refractivity contribution in [2.24, 2.45) is 0 Å². The highest BCUT2D eigenvalue weighted by molar-refractivity contribution is 6.35. The predicted octanol–water partition coefficient (Wildman–Crippen LogP) is 7.70. The van der Waals surface area contributed by atoms with Crippen molar-refractivity contribution in [3.05, 3.63) is 117 Å². The standard InChI is InChI=1S/C26H17Cl3N2O3/c27-20-7-4-19(23(28)15-20)16-33-21-10-5-18(6-11-21)24(32)12-3-17-1-8-22(9-2-17)34-26-14-13-25(29)30-31-26/h1-15H,16H2/b12-3+. The minimum Gasteiger partial charge on any atom is -0.489 e. The molecule has 4 aromatic rings. The maximum absolute atomic E-state index is 12.5. The van der Waals surface area contributed by atoms with E-state index < -0.39 is 0 Å². The summed E-state index contributed by atoms with van der Waals surface area (Å²) >= 11 is 17.8. The van der Waals surface area contributed by atoms with Crippen molar-refractivity contribution in [2.45, 2.75) is 6.61 Å². The Morgan fingerprint density at radius 3 is 2.24 bits per heavy atom. The van der Waals surface area contributed by atoms with Gasteiger partial charge in [0.1, 0.15) is 18.1 Å². The molecule has 0 aliphatic heterocycles. The quantitative estimate of drug-likeness (QED) is 0.179. The van der Waals surface area contributed by atoms with E-state index in [1.54, 1.807) is 66.7 Å². The molecule has 8 heteroatoms. The van der Waals surface area contributed by atoms with Gasteiger partial charge in [-0.1, -0.05) is 59.1 Å². The molecule has 0 saturated carbocycles. The van der Waals surface area contributed by atoms with Crippen LogP contribution in [0, 0.1) is 0 Å². The lowest BCUT2D eigenvalue weighted by molar-refractivity contribution is 0.104. The van der Waals surface area contributed by atoms with Gasteiger partial charge in [-0.25, -0.2) is 0 Å². The second-order valence-corrected chi connectivity index (χ2v) is 8.34. The number of carbonyl (C=O) groups is 1. The van der Waals surface area contributed by atoms with Gasteiger partial charge in [0.05, 0.1) is 0 Å². The zero-order valence-electron chi connectivity index (χ0n) is 17.6. The number of allylic oxidation sites excluding steroid dienone is 1. The Morgan fingerprint density at radius 2 is 1.56 bits per heavy atom. The molecule has 0 amide bonds. The molecule has 0 aliphatic rings. The highest BCUT2D eigenvalue weighted by atomic mass is 35.5. The van der Waals surface area contributed by atoms with Gasteiger partial charge in [-0.3, -0.25) is 4.79 Å². The molecule has 1 aromatic heterocycles. The molecule has 0 aliphatic carbocycles. The average molecular weight is 512 g/mol. The summed E-state index contributed by atoms with van der Waals surface area (Å²) in [4.78, 5) is 12.5. The van der Waals surface area contributed by atoms with E-state index in [4.69, 9.17) is 44.3 Å². The lowest BCUT2D eigenvalue weighted by atomic mass is 10.1. The van der Waals surface area contributed by atoms with E-state index >= 15 is 0 Å². The fraction of sp³-hybridized carbons (Fsp3) is 0.0385. The van der Waals surface area contributed by atoms with Gasteiger partial charge in [0.25, 0.3) is 0 Å². The first-order chi connectivity index (χ1) is 16.5. The molecule has 170 valence electrons. The summed E-state index contributed by atoms with van der Waals surface area (Å²) in [5, 5.41) is 8.99. The fourth-order valence-electron chi connectivity index (χ4n) is 2.91. The minimum atomic E-state index is -0.121. The van der Waals surface area contributed by atoms with Crippen molar-refractivity contribution < 1.29 is 14.3 Å². The number of ether oxygens (including phenoxy) is 2. The monoisotopic (exact) mass is 510 g/mol. The van der Waals surface area contributed by atoms with Gasteiger partial charge < -0.3 is 9.47 Å². The van der Waals surface area contributed by atoms with Crippen LogP contribution in [0.1, 0.15) is 21.5 Å². The lowest BCUT2D eigenvalue weighted by Gasteiger charge is -2.08. The lowest BCUT2D eigenvalue weighted by Crippen LogP contribution is -1.98. The van der Waals surface area contributed by atoms with Crippen LogP contribution in [0.15, 0.2) is 84.9 Å². The molecule has 0 radical (unpaired) electrons. The van der Waals surface area contributed by atoms with Gasteiger partial charge in [-0.15, -0.1) is 10.2 Å². The van der Waals surface area contributed by atoms with E-state index in [0.717, 1.165) is 11.1 Å². The number of nitrogens with zero attached hydrogens (tertiary/aromatic N) is 2. The van der Waals surface area contributed by atoms with Crippen molar-refractivity contribution >= 4 is 46.7 Å². The molecule has 5 nitrogen and oxygen atoms in total. The van der Waals surface area contributed by atoms with E-state index in [-0.39, 0.29) is 5.78 Å². The van der Waals surface area contributed by atoms with Crippen molar-refractivity contribution in [2.75, 3.05) is 0 Å². The van der Waals surface area contributed by atoms with Crippen LogP contribution >= 0.6 is 34.8 Å². The zero-order valence-corrected chi connectivity index (χ0v) is 19.9. The third-order valence-corrected chi connectivity index (χ3v) is 5.47. The number of aromatic nitrogens is 2. The zero-order chi connectivity index (χ0) is 23.9. The predicted molar refractivity (Wildman–Crippen MR) is 134 cm³/mol. The van der Waals surface area contributed by atoms with Gasteiger partial charge in [0.15, 0.2) is 10.9 Å². The summed E-state index contributed by atoms with van der Waals surface area (Å²) in [7, 11) is 0. The summed E-state index contributed by atoms with van der Waals surface area (Å²) in [6.45, 7) is 0.299. The summed E-state index contributed by atoms with van der Waals surface area (Å²) < 4.78 is 11.4. The number of benzene rings is 3. The summed E-state index contributed by atoms with van der Waals surface area (Å²) in [5.74, 6) is 1.44. The number of carbonyl (C=O) groups excluding carboxylic acids is 1. The number of ketones is 1. The second-order valence-electron chi connectivity index (χ2n) is 7.11. The average Bonchev–Trinajstić information content (AvgIpc) is 2.85. The topological polar surface area (TPSA) is 61.3 Å². The van der Waals surface area contributed by atoms with Gasteiger partial charge in [0.2, 0.25) is 5.88 Å². The summed E-state index contributed by atoms with van der Waals surface area (Å²) in [5.41, 5.74) is 2.23. The number of hydrogen-bond donors (Lipinski definition) is 0. The molecular weight excluding hydrogens is 495 g/mol. The van der Waals surface area contributed by atoms with Gasteiger partial charge in [-0.2, -0.15) is 0 Å². The van der Waals surface area contributed by atoms with Crippen molar-refractivity contribution in [1.82, 2.24) is 10.2 Å². The Morgan fingerprint density at radius 1 is 0.824 bits per heavy atom. The molecule has 0 bridgehead atoms. The van der Waals surface area contributed by atoms with Crippen LogP contribution in [0.2, 0.25) is 15.2 Å². The highest BCUT2D eigenvalue weighted by Gasteiger charge is 2.05. The van der Waals surface area contributed by atoms with E-state index in [2.05, 4.69) is 10.2 Å². The third-order valence-electron chi connectivity index (χ3n) is 4.69. The Balaban J connectivity index is 1.32. The normalized spacial score (nSPS) is 10.9. The largest absolute Gasteiger partial charge is 0.489 e. The minimum absolute atomic E-state index is 0.121. The van der Waals surface area contributed by atoms with Crippen molar-refractivity contribution in [3.63, 3.8) is 0 Å². The van der Waals surface area contributed by atoms with Crippen LogP contribution in [0.5, 0.6) is 17.4 Å². The van der Waals surface area contributed by atoms with Crippen LogP contribution in [0.25, 0.3) is 6.08 Å². The van der Waals surface area contributed by atoms with E-state index in [1.807, 2.05) is 18.2 Å². The van der Waals surface area contributed by atoms with E-state index in [9.17, 15) is 4.79 Å². The third kappa shape index (κ3) is 6.58. The van der Waals surface area contributed by atoms with Crippen LogP contribution in [0.3, 0.4) is 0 Å². The van der Waals surface area contributed by atoms with Gasteiger partial charge in [-0.05, 0) is 66.2 Å². The van der Waals surface area contributed by atoms with Crippen LogP contribution in [-0.4, -0.2) is 16.0 Å². The number of halogens is 3. The smallest absolute Gasteiger partial charge is 0.238 e. The first kappa shape index (κ1) is 23.8. The Kier molecular flexibility index (Phi) is 7.80. The molecule has 0 N–H and O–H groups in total. The van der Waals surface area contributed by atoms with Gasteiger partial charge >= 0.3 is 0 Å². The van der Waals surface area contributed by atoms with Crippen molar-refractivity contribution in [3.8, 4) is 17.4 Å². The van der Waals surface area contributed by atoms with Crippen molar-refractivity contribution in [1.29, 1.82) is 0 Å². The van der Waals surface area contributed by atoms with Crippen LogP contribution in [0.4, 0.5) is 0 Å². The molecule has 0 spiro atoms. The van der Waals surface area contributed by atoms with Gasteiger partial charge in [0, 0.05) is 27.2 Å². The molecule has 0 saturated heterocycles. The molecular formula is C26H17Cl3N2O3.